The Morgan fingerprint density at radius 3 is 3.09 bits per heavy atom. The van der Waals surface area contributed by atoms with Gasteiger partial charge in [0, 0.05) is 5.02 Å². The summed E-state index contributed by atoms with van der Waals surface area (Å²) in [6.07, 6.45) is 0.892. The zero-order valence-corrected chi connectivity index (χ0v) is 6.60. The van der Waals surface area contributed by atoms with Gasteiger partial charge in [0.15, 0.2) is 0 Å². The second-order valence-electron chi connectivity index (χ2n) is 2.73. The van der Waals surface area contributed by atoms with Gasteiger partial charge in [0.2, 0.25) is 0 Å². The molecule has 2 heteroatoms. The number of rotatable bonds is 0. The van der Waals surface area contributed by atoms with E-state index >= 15 is 0 Å². The molecule has 1 aliphatic rings. The second-order valence-corrected chi connectivity index (χ2v) is 3.17. The minimum absolute atomic E-state index is 0.0868. The van der Waals surface area contributed by atoms with Crippen molar-refractivity contribution in [3.63, 3.8) is 0 Å². The molecule has 0 aliphatic heterocycles. The van der Waals surface area contributed by atoms with Gasteiger partial charge in [-0.05, 0) is 29.7 Å². The molecule has 1 nitrogen and oxygen atoms in total. The highest BCUT2D eigenvalue weighted by Gasteiger charge is 2.25. The summed E-state index contributed by atoms with van der Waals surface area (Å²) in [6.45, 7) is 0. The summed E-state index contributed by atoms with van der Waals surface area (Å²) in [5.41, 5.74) is 2.38. The fraction of sp³-hybridized carbons (Fsp3) is 0.222. The van der Waals surface area contributed by atoms with Crippen LogP contribution in [0.1, 0.15) is 17.0 Å². The topological polar surface area (TPSA) is 23.8 Å². The van der Waals surface area contributed by atoms with Crippen LogP contribution in [0.2, 0.25) is 5.02 Å². The Hall–Kier alpha value is -1.00. The Balaban J connectivity index is 2.47. The lowest BCUT2D eigenvalue weighted by Gasteiger charge is -2.24. The molecule has 11 heavy (non-hydrogen) atoms. The van der Waals surface area contributed by atoms with Crippen molar-refractivity contribution in [2.45, 2.75) is 12.3 Å². The predicted molar refractivity (Wildman–Crippen MR) is 43.5 cm³/mol. The molecule has 1 aromatic carbocycles. The summed E-state index contributed by atoms with van der Waals surface area (Å²) >= 11 is 5.76. The van der Waals surface area contributed by atoms with Crippen LogP contribution >= 0.6 is 11.6 Å². The molecule has 0 heterocycles. The van der Waals surface area contributed by atoms with Gasteiger partial charge < -0.3 is 0 Å². The molecule has 0 aromatic heterocycles. The van der Waals surface area contributed by atoms with Gasteiger partial charge in [-0.25, -0.2) is 0 Å². The zero-order valence-electron chi connectivity index (χ0n) is 5.84. The second kappa shape index (κ2) is 2.25. The fourth-order valence-electron chi connectivity index (χ4n) is 1.39. The number of fused-ring (bicyclic) bond motifs is 1. The van der Waals surface area contributed by atoms with Gasteiger partial charge in [-0.3, -0.25) is 0 Å². The summed E-state index contributed by atoms with van der Waals surface area (Å²) in [7, 11) is 0. The molecule has 0 N–H and O–H groups in total. The van der Waals surface area contributed by atoms with E-state index in [1.54, 1.807) is 0 Å². The van der Waals surface area contributed by atoms with Crippen LogP contribution in [0, 0.1) is 11.3 Å². The van der Waals surface area contributed by atoms with Gasteiger partial charge >= 0.3 is 0 Å². The number of benzene rings is 1. The Morgan fingerprint density at radius 1 is 1.55 bits per heavy atom. The summed E-state index contributed by atoms with van der Waals surface area (Å²) in [6, 6.07) is 7.97. The zero-order chi connectivity index (χ0) is 7.84. The molecule has 0 saturated heterocycles. The number of halogens is 1. The molecule has 0 bridgehead atoms. The first-order valence-corrected chi connectivity index (χ1v) is 3.87. The van der Waals surface area contributed by atoms with Crippen molar-refractivity contribution in [2.75, 3.05) is 0 Å². The molecule has 0 amide bonds. The highest BCUT2D eigenvalue weighted by molar-refractivity contribution is 6.30. The maximum Gasteiger partial charge on any atom is 0.0756 e. The molecular formula is C9H6ClN. The molecule has 0 radical (unpaired) electrons. The van der Waals surface area contributed by atoms with Crippen molar-refractivity contribution >= 4 is 11.6 Å². The smallest absolute Gasteiger partial charge is 0.0756 e. The van der Waals surface area contributed by atoms with Crippen molar-refractivity contribution < 1.29 is 0 Å². The maximum atomic E-state index is 8.63. The van der Waals surface area contributed by atoms with Crippen molar-refractivity contribution in [1.29, 1.82) is 5.26 Å². The first kappa shape index (κ1) is 6.69. The van der Waals surface area contributed by atoms with E-state index in [9.17, 15) is 0 Å². The van der Waals surface area contributed by atoms with E-state index in [1.807, 2.05) is 18.2 Å². The van der Waals surface area contributed by atoms with Crippen molar-refractivity contribution in [2.24, 2.45) is 0 Å². The van der Waals surface area contributed by atoms with Crippen LogP contribution in [-0.2, 0) is 6.42 Å². The average molecular weight is 164 g/mol. The number of hydrogen-bond donors (Lipinski definition) is 0. The first-order chi connectivity index (χ1) is 5.31. The number of hydrogen-bond acceptors (Lipinski definition) is 1. The van der Waals surface area contributed by atoms with E-state index in [-0.39, 0.29) is 5.92 Å². The lowest BCUT2D eigenvalue weighted by Crippen LogP contribution is -2.14. The average Bonchev–Trinajstić information content (AvgIpc) is 1.97. The van der Waals surface area contributed by atoms with Crippen molar-refractivity contribution in [3.05, 3.63) is 34.3 Å². The maximum absolute atomic E-state index is 8.63. The van der Waals surface area contributed by atoms with E-state index < -0.39 is 0 Å². The van der Waals surface area contributed by atoms with E-state index in [0.29, 0.717) is 0 Å². The fourth-order valence-corrected chi connectivity index (χ4v) is 1.57. The molecule has 2 rings (SSSR count). The third kappa shape index (κ3) is 0.911. The molecule has 0 spiro atoms. The van der Waals surface area contributed by atoms with E-state index in [0.717, 1.165) is 17.0 Å². The molecular weight excluding hydrogens is 158 g/mol. The highest BCUT2D eigenvalue weighted by atomic mass is 35.5. The Labute approximate surface area is 70.2 Å². The molecule has 54 valence electrons. The van der Waals surface area contributed by atoms with Gasteiger partial charge in [-0.1, -0.05) is 17.7 Å². The Bertz CT molecular complexity index is 338. The minimum Gasteiger partial charge on any atom is -0.198 e. The summed E-state index contributed by atoms with van der Waals surface area (Å²) < 4.78 is 0. The third-order valence-electron chi connectivity index (χ3n) is 2.06. The Morgan fingerprint density at radius 2 is 2.36 bits per heavy atom. The molecule has 1 aromatic rings. The van der Waals surface area contributed by atoms with Crippen LogP contribution in [0.5, 0.6) is 0 Å². The van der Waals surface area contributed by atoms with E-state index in [1.165, 1.54) is 5.56 Å². The molecule has 1 atom stereocenters. The van der Waals surface area contributed by atoms with Gasteiger partial charge in [0.05, 0.1) is 12.0 Å². The number of nitrogens with zero attached hydrogens (tertiary/aromatic N) is 1. The molecule has 1 aliphatic carbocycles. The highest BCUT2D eigenvalue weighted by Crippen LogP contribution is 2.35. The van der Waals surface area contributed by atoms with E-state index in [4.69, 9.17) is 16.9 Å². The van der Waals surface area contributed by atoms with Crippen LogP contribution in [-0.4, -0.2) is 0 Å². The standard InChI is InChI=1S/C9H6ClN/c10-8-2-1-6-3-7(5-11)9(6)4-8/h1-2,4,7H,3H2. The molecule has 1 unspecified atom stereocenters. The van der Waals surface area contributed by atoms with Crippen LogP contribution in [0.3, 0.4) is 0 Å². The largest absolute Gasteiger partial charge is 0.198 e. The molecule has 0 saturated carbocycles. The van der Waals surface area contributed by atoms with E-state index in [2.05, 4.69) is 6.07 Å². The van der Waals surface area contributed by atoms with Gasteiger partial charge in [0.1, 0.15) is 0 Å². The van der Waals surface area contributed by atoms with Crippen LogP contribution in [0.25, 0.3) is 0 Å². The van der Waals surface area contributed by atoms with Gasteiger partial charge in [-0.2, -0.15) is 5.26 Å². The quantitative estimate of drug-likeness (QED) is 0.577. The Kier molecular flexibility index (Phi) is 1.37. The van der Waals surface area contributed by atoms with Crippen LogP contribution in [0.15, 0.2) is 18.2 Å². The van der Waals surface area contributed by atoms with Gasteiger partial charge in [-0.15, -0.1) is 0 Å². The first-order valence-electron chi connectivity index (χ1n) is 3.49. The lowest BCUT2D eigenvalue weighted by molar-refractivity contribution is 0.745. The van der Waals surface area contributed by atoms with Crippen LogP contribution < -0.4 is 0 Å². The lowest BCUT2D eigenvalue weighted by atomic mass is 9.79. The predicted octanol–water partition coefficient (Wildman–Crippen LogP) is 2.50. The van der Waals surface area contributed by atoms with Crippen molar-refractivity contribution in [1.82, 2.24) is 0 Å². The SMILES string of the molecule is N#CC1Cc2ccc(Cl)cc21. The summed E-state index contributed by atoms with van der Waals surface area (Å²) in [5.74, 6) is 0.0868. The summed E-state index contributed by atoms with van der Waals surface area (Å²) in [4.78, 5) is 0. The molecule has 0 fully saturated rings. The minimum atomic E-state index is 0.0868. The van der Waals surface area contributed by atoms with Gasteiger partial charge in [0.25, 0.3) is 0 Å². The summed E-state index contributed by atoms with van der Waals surface area (Å²) in [5, 5.41) is 9.36. The normalized spacial score (nSPS) is 19.8. The van der Waals surface area contributed by atoms with Crippen molar-refractivity contribution in [3.8, 4) is 6.07 Å². The number of nitriles is 1. The van der Waals surface area contributed by atoms with Crippen LogP contribution in [0.4, 0.5) is 0 Å². The monoisotopic (exact) mass is 163 g/mol. The third-order valence-corrected chi connectivity index (χ3v) is 2.30.